The zero-order valence-corrected chi connectivity index (χ0v) is 13.3. The number of benzene rings is 1. The number of rotatable bonds is 6. The van der Waals surface area contributed by atoms with Crippen LogP contribution in [-0.4, -0.2) is 26.5 Å². The molecule has 0 saturated carbocycles. The van der Waals surface area contributed by atoms with E-state index in [1.807, 2.05) is 37.2 Å². The highest BCUT2D eigenvalue weighted by molar-refractivity contribution is 9.10. The Morgan fingerprint density at radius 2 is 2.16 bits per heavy atom. The molecule has 1 aromatic rings. The molecule has 0 aromatic heterocycles. The largest absolute Gasteiger partial charge is 0.376 e. The third-order valence-corrected chi connectivity index (χ3v) is 3.48. The van der Waals surface area contributed by atoms with Gasteiger partial charge in [-0.2, -0.15) is 0 Å². The number of anilines is 2. The molecule has 0 fully saturated rings. The number of nitrogens with two attached hydrogens (primary N) is 1. The third kappa shape index (κ3) is 4.51. The summed E-state index contributed by atoms with van der Waals surface area (Å²) in [6.07, 6.45) is 1.77. The van der Waals surface area contributed by atoms with E-state index >= 15 is 0 Å². The molecule has 0 aliphatic carbocycles. The molecule has 3 N–H and O–H groups in total. The zero-order chi connectivity index (χ0) is 14.4. The lowest BCUT2D eigenvalue weighted by molar-refractivity contribution is -0.119. The Labute approximate surface area is 123 Å². The first-order valence-electron chi connectivity index (χ1n) is 6.47. The lowest BCUT2D eigenvalue weighted by Crippen LogP contribution is -2.29. The monoisotopic (exact) mass is 327 g/mol. The summed E-state index contributed by atoms with van der Waals surface area (Å²) < 4.78 is 0.938. The van der Waals surface area contributed by atoms with E-state index < -0.39 is 0 Å². The average molecular weight is 328 g/mol. The summed E-state index contributed by atoms with van der Waals surface area (Å²) in [5, 5.41) is 2.98. The van der Waals surface area contributed by atoms with Gasteiger partial charge in [0.25, 0.3) is 0 Å². The summed E-state index contributed by atoms with van der Waals surface area (Å²) in [6, 6.07) is 5.83. The molecule has 1 amide bonds. The molecule has 1 atom stereocenters. The first kappa shape index (κ1) is 16.0. The summed E-state index contributed by atoms with van der Waals surface area (Å²) in [5.41, 5.74) is 7.44. The van der Waals surface area contributed by atoms with Crippen LogP contribution in [0.25, 0.3) is 0 Å². The highest BCUT2D eigenvalue weighted by Gasteiger charge is 2.17. The van der Waals surface area contributed by atoms with Crippen molar-refractivity contribution in [2.75, 3.05) is 30.9 Å². The Morgan fingerprint density at radius 3 is 2.68 bits per heavy atom. The van der Waals surface area contributed by atoms with Crippen molar-refractivity contribution in [3.8, 4) is 0 Å². The SMILES string of the molecule is CCCC(CN)C(=O)Nc1cc(Br)ccc1N(C)C. The van der Waals surface area contributed by atoms with Crippen LogP contribution >= 0.6 is 15.9 Å². The van der Waals surface area contributed by atoms with Crippen LogP contribution in [-0.2, 0) is 4.79 Å². The molecule has 0 radical (unpaired) electrons. The molecule has 19 heavy (non-hydrogen) atoms. The zero-order valence-electron chi connectivity index (χ0n) is 11.7. The number of hydrogen-bond donors (Lipinski definition) is 2. The van der Waals surface area contributed by atoms with Crippen molar-refractivity contribution in [3.05, 3.63) is 22.7 Å². The maximum atomic E-state index is 12.2. The number of nitrogens with one attached hydrogen (secondary N) is 1. The number of amides is 1. The van der Waals surface area contributed by atoms with Crippen molar-refractivity contribution in [3.63, 3.8) is 0 Å². The normalized spacial score (nSPS) is 12.1. The minimum Gasteiger partial charge on any atom is -0.376 e. The molecule has 0 bridgehead atoms. The molecule has 1 rings (SSSR count). The predicted molar refractivity (Wildman–Crippen MR) is 84.6 cm³/mol. The fraction of sp³-hybridized carbons (Fsp3) is 0.500. The molecule has 0 spiro atoms. The molecule has 0 saturated heterocycles. The molecule has 0 aliphatic heterocycles. The van der Waals surface area contributed by atoms with Crippen molar-refractivity contribution in [1.82, 2.24) is 0 Å². The van der Waals surface area contributed by atoms with Crippen LogP contribution in [0.1, 0.15) is 19.8 Å². The maximum Gasteiger partial charge on any atom is 0.228 e. The molecule has 4 nitrogen and oxygen atoms in total. The van der Waals surface area contributed by atoms with Crippen molar-refractivity contribution >= 4 is 33.2 Å². The van der Waals surface area contributed by atoms with E-state index in [4.69, 9.17) is 5.73 Å². The van der Waals surface area contributed by atoms with Crippen molar-refractivity contribution in [1.29, 1.82) is 0 Å². The fourth-order valence-corrected chi connectivity index (χ4v) is 2.30. The van der Waals surface area contributed by atoms with Crippen molar-refractivity contribution < 1.29 is 4.79 Å². The molecule has 5 heteroatoms. The van der Waals surface area contributed by atoms with E-state index in [0.29, 0.717) is 6.54 Å². The van der Waals surface area contributed by atoms with Crippen molar-refractivity contribution in [2.24, 2.45) is 11.7 Å². The summed E-state index contributed by atoms with van der Waals surface area (Å²) in [5.74, 6) is -0.135. The van der Waals surface area contributed by atoms with Crippen LogP contribution in [0.5, 0.6) is 0 Å². The van der Waals surface area contributed by atoms with Crippen LogP contribution in [0.15, 0.2) is 22.7 Å². The van der Waals surface area contributed by atoms with Crippen LogP contribution in [0.3, 0.4) is 0 Å². The number of nitrogens with zero attached hydrogens (tertiary/aromatic N) is 1. The van der Waals surface area contributed by atoms with Gasteiger partial charge in [-0.15, -0.1) is 0 Å². The Morgan fingerprint density at radius 1 is 1.47 bits per heavy atom. The molecule has 106 valence electrons. The average Bonchev–Trinajstić information content (AvgIpc) is 2.35. The summed E-state index contributed by atoms with van der Waals surface area (Å²) in [6.45, 7) is 2.44. The quantitative estimate of drug-likeness (QED) is 0.844. The Kier molecular flexibility index (Phi) is 6.31. The van der Waals surface area contributed by atoms with Crippen LogP contribution in [0.4, 0.5) is 11.4 Å². The minimum absolute atomic E-state index is 0.00875. The van der Waals surface area contributed by atoms with Gasteiger partial charge in [0.2, 0.25) is 5.91 Å². The van der Waals surface area contributed by atoms with Gasteiger partial charge in [0, 0.05) is 25.1 Å². The van der Waals surface area contributed by atoms with Crippen LogP contribution in [0, 0.1) is 5.92 Å². The smallest absolute Gasteiger partial charge is 0.228 e. The highest BCUT2D eigenvalue weighted by atomic mass is 79.9. The third-order valence-electron chi connectivity index (χ3n) is 2.99. The lowest BCUT2D eigenvalue weighted by atomic mass is 10.0. The van der Waals surface area contributed by atoms with Crippen LogP contribution in [0.2, 0.25) is 0 Å². The standard InChI is InChI=1S/C14H22BrN3O/c1-4-5-10(9-16)14(19)17-12-8-11(15)6-7-13(12)18(2)3/h6-8,10H,4-5,9,16H2,1-3H3,(H,17,19). The molecule has 0 heterocycles. The fourth-order valence-electron chi connectivity index (χ4n) is 1.94. The van der Waals surface area contributed by atoms with Gasteiger partial charge in [0.15, 0.2) is 0 Å². The Balaban J connectivity index is 2.91. The first-order chi connectivity index (χ1) is 8.99. The number of carbonyl (C=O) groups excluding carboxylic acids is 1. The van der Waals surface area contributed by atoms with Gasteiger partial charge in [-0.3, -0.25) is 4.79 Å². The van der Waals surface area contributed by atoms with Gasteiger partial charge in [0.05, 0.1) is 17.3 Å². The van der Waals surface area contributed by atoms with Gasteiger partial charge < -0.3 is 16.0 Å². The van der Waals surface area contributed by atoms with Crippen LogP contribution < -0.4 is 16.0 Å². The van der Waals surface area contributed by atoms with Gasteiger partial charge in [-0.25, -0.2) is 0 Å². The topological polar surface area (TPSA) is 58.4 Å². The second-order valence-electron chi connectivity index (χ2n) is 4.77. The van der Waals surface area contributed by atoms with Gasteiger partial charge in [0.1, 0.15) is 0 Å². The minimum atomic E-state index is -0.126. The lowest BCUT2D eigenvalue weighted by Gasteiger charge is -2.20. The van der Waals surface area contributed by atoms with E-state index in [9.17, 15) is 4.79 Å². The number of halogens is 1. The molecular formula is C14H22BrN3O. The second kappa shape index (κ2) is 7.50. The Bertz CT molecular complexity index is 435. The van der Waals surface area contributed by atoms with E-state index in [0.717, 1.165) is 28.7 Å². The molecule has 1 aromatic carbocycles. The molecule has 1 unspecified atom stereocenters. The number of carbonyl (C=O) groups is 1. The maximum absolute atomic E-state index is 12.2. The van der Waals surface area contributed by atoms with Gasteiger partial charge >= 0.3 is 0 Å². The second-order valence-corrected chi connectivity index (χ2v) is 5.68. The first-order valence-corrected chi connectivity index (χ1v) is 7.26. The van der Waals surface area contributed by atoms with Gasteiger partial charge in [-0.05, 0) is 24.6 Å². The summed E-state index contributed by atoms with van der Waals surface area (Å²) in [4.78, 5) is 14.2. The number of hydrogen-bond acceptors (Lipinski definition) is 3. The molecule has 0 aliphatic rings. The van der Waals surface area contributed by atoms with E-state index in [1.54, 1.807) is 0 Å². The van der Waals surface area contributed by atoms with E-state index in [1.165, 1.54) is 0 Å². The molecular weight excluding hydrogens is 306 g/mol. The summed E-state index contributed by atoms with van der Waals surface area (Å²) in [7, 11) is 3.90. The highest BCUT2D eigenvalue weighted by Crippen LogP contribution is 2.28. The van der Waals surface area contributed by atoms with Gasteiger partial charge in [-0.1, -0.05) is 29.3 Å². The Hall–Kier alpha value is -1.07. The summed E-state index contributed by atoms with van der Waals surface area (Å²) >= 11 is 3.43. The van der Waals surface area contributed by atoms with E-state index in [2.05, 4.69) is 28.2 Å². The van der Waals surface area contributed by atoms with E-state index in [-0.39, 0.29) is 11.8 Å². The van der Waals surface area contributed by atoms with Crippen molar-refractivity contribution in [2.45, 2.75) is 19.8 Å². The predicted octanol–water partition coefficient (Wildman–Crippen LogP) is 2.83.